The third-order valence-corrected chi connectivity index (χ3v) is 3.46. The Morgan fingerprint density at radius 1 is 1.53 bits per heavy atom. The van der Waals surface area contributed by atoms with Gasteiger partial charge in [0.1, 0.15) is 0 Å². The zero-order valence-electron chi connectivity index (χ0n) is 8.07. The normalized spacial score (nSPS) is 27.1. The van der Waals surface area contributed by atoms with E-state index in [1.54, 1.807) is 6.20 Å². The van der Waals surface area contributed by atoms with Crippen LogP contribution in [-0.4, -0.2) is 29.4 Å². The number of nitrogens with zero attached hydrogens (tertiary/aromatic N) is 2. The Morgan fingerprint density at radius 2 is 2.27 bits per heavy atom. The topological polar surface area (TPSA) is 98.2 Å². The highest BCUT2D eigenvalue weighted by Crippen LogP contribution is 2.29. The van der Waals surface area contributed by atoms with Gasteiger partial charge < -0.3 is 5.11 Å². The molecule has 0 amide bonds. The molecule has 7 heteroatoms. The standard InChI is InChI=1S/C8H13N3O3S/c9-15(13,14)8-4-5-11(10-8)6-2-1-3-7(6)12/h4-7,12H,1-3H2,(H2,9,13,14). The van der Waals surface area contributed by atoms with Gasteiger partial charge in [-0.15, -0.1) is 0 Å². The summed E-state index contributed by atoms with van der Waals surface area (Å²) in [5.74, 6) is 0. The molecule has 1 aliphatic carbocycles. The van der Waals surface area contributed by atoms with Crippen molar-refractivity contribution in [1.29, 1.82) is 0 Å². The zero-order valence-corrected chi connectivity index (χ0v) is 8.89. The molecule has 0 aromatic carbocycles. The van der Waals surface area contributed by atoms with E-state index >= 15 is 0 Å². The Bertz CT molecular complexity index is 453. The molecule has 2 unspecified atom stereocenters. The molecule has 0 spiro atoms. The molecular weight excluding hydrogens is 218 g/mol. The average Bonchev–Trinajstić information content (AvgIpc) is 2.69. The molecule has 0 saturated heterocycles. The highest BCUT2D eigenvalue weighted by molar-refractivity contribution is 7.89. The first-order valence-electron chi connectivity index (χ1n) is 4.74. The lowest BCUT2D eigenvalue weighted by Gasteiger charge is -2.14. The number of aromatic nitrogens is 2. The number of sulfonamides is 1. The van der Waals surface area contributed by atoms with Crippen LogP contribution >= 0.6 is 0 Å². The molecule has 15 heavy (non-hydrogen) atoms. The van der Waals surface area contributed by atoms with Crippen LogP contribution in [0.3, 0.4) is 0 Å². The van der Waals surface area contributed by atoms with Gasteiger partial charge in [0.25, 0.3) is 10.0 Å². The van der Waals surface area contributed by atoms with E-state index in [1.807, 2.05) is 0 Å². The monoisotopic (exact) mass is 231 g/mol. The minimum atomic E-state index is -3.74. The molecule has 1 aliphatic rings. The van der Waals surface area contributed by atoms with Crippen LogP contribution in [0.15, 0.2) is 17.3 Å². The predicted molar refractivity (Wildman–Crippen MR) is 52.5 cm³/mol. The summed E-state index contributed by atoms with van der Waals surface area (Å²) in [7, 11) is -3.74. The summed E-state index contributed by atoms with van der Waals surface area (Å²) in [6.45, 7) is 0. The highest BCUT2D eigenvalue weighted by Gasteiger charge is 2.28. The second kappa shape index (κ2) is 3.58. The third kappa shape index (κ3) is 2.04. The minimum absolute atomic E-state index is 0.125. The smallest absolute Gasteiger partial charge is 0.257 e. The Labute approximate surface area is 87.8 Å². The van der Waals surface area contributed by atoms with Crippen LogP contribution in [0.1, 0.15) is 25.3 Å². The SMILES string of the molecule is NS(=O)(=O)c1ccn(C2CCCC2O)n1. The van der Waals surface area contributed by atoms with E-state index in [-0.39, 0.29) is 11.1 Å². The van der Waals surface area contributed by atoms with E-state index in [4.69, 9.17) is 5.14 Å². The molecule has 2 rings (SSSR count). The van der Waals surface area contributed by atoms with E-state index in [0.717, 1.165) is 19.3 Å². The van der Waals surface area contributed by atoms with Crippen molar-refractivity contribution in [2.75, 3.05) is 0 Å². The van der Waals surface area contributed by atoms with E-state index in [0.29, 0.717) is 0 Å². The van der Waals surface area contributed by atoms with Gasteiger partial charge in [-0.25, -0.2) is 13.6 Å². The Morgan fingerprint density at radius 3 is 2.73 bits per heavy atom. The van der Waals surface area contributed by atoms with Crippen molar-refractivity contribution in [3.8, 4) is 0 Å². The molecule has 1 fully saturated rings. The Balaban J connectivity index is 2.28. The van der Waals surface area contributed by atoms with E-state index in [9.17, 15) is 13.5 Å². The van der Waals surface area contributed by atoms with Crippen LogP contribution in [-0.2, 0) is 10.0 Å². The summed E-state index contributed by atoms with van der Waals surface area (Å²) in [6, 6.07) is 1.22. The quantitative estimate of drug-likeness (QED) is 0.724. The van der Waals surface area contributed by atoms with Gasteiger partial charge in [-0.1, -0.05) is 0 Å². The third-order valence-electron chi connectivity index (χ3n) is 2.66. The number of hydrogen-bond acceptors (Lipinski definition) is 4. The number of aliphatic hydroxyl groups excluding tert-OH is 1. The summed E-state index contributed by atoms with van der Waals surface area (Å²) in [6.07, 6.45) is 3.57. The summed E-state index contributed by atoms with van der Waals surface area (Å²) in [4.78, 5) is 0. The maximum atomic E-state index is 11.0. The first-order valence-corrected chi connectivity index (χ1v) is 6.29. The maximum Gasteiger partial charge on any atom is 0.257 e. The Kier molecular flexibility index (Phi) is 2.53. The molecule has 0 radical (unpaired) electrons. The molecule has 3 N–H and O–H groups in total. The predicted octanol–water partition coefficient (Wildman–Crippen LogP) is -0.384. The maximum absolute atomic E-state index is 11.0. The largest absolute Gasteiger partial charge is 0.391 e. The molecule has 1 heterocycles. The van der Waals surface area contributed by atoms with Crippen LogP contribution < -0.4 is 5.14 Å². The first kappa shape index (κ1) is 10.6. The van der Waals surface area contributed by atoms with Gasteiger partial charge in [0, 0.05) is 6.20 Å². The van der Waals surface area contributed by atoms with Gasteiger partial charge in [-0.05, 0) is 25.3 Å². The van der Waals surface area contributed by atoms with Crippen LogP contribution in [0.2, 0.25) is 0 Å². The van der Waals surface area contributed by atoms with E-state index in [2.05, 4.69) is 5.10 Å². The lowest BCUT2D eigenvalue weighted by atomic mass is 10.2. The molecule has 1 aromatic heterocycles. The summed E-state index contributed by atoms with van der Waals surface area (Å²) in [5.41, 5.74) is 0. The van der Waals surface area contributed by atoms with Crippen LogP contribution in [0.4, 0.5) is 0 Å². The molecule has 84 valence electrons. The molecular formula is C8H13N3O3S. The molecule has 0 aliphatic heterocycles. The summed E-state index contributed by atoms with van der Waals surface area (Å²) >= 11 is 0. The molecule has 2 atom stereocenters. The fourth-order valence-corrected chi connectivity index (χ4v) is 2.35. The lowest BCUT2D eigenvalue weighted by molar-refractivity contribution is 0.129. The van der Waals surface area contributed by atoms with Crippen molar-refractivity contribution in [1.82, 2.24) is 9.78 Å². The number of aliphatic hydroxyl groups is 1. The summed E-state index contributed by atoms with van der Waals surface area (Å²) < 4.78 is 23.4. The van der Waals surface area contributed by atoms with E-state index in [1.165, 1.54) is 10.7 Å². The average molecular weight is 231 g/mol. The molecule has 1 saturated carbocycles. The van der Waals surface area contributed by atoms with Crippen LogP contribution in [0, 0.1) is 0 Å². The highest BCUT2D eigenvalue weighted by atomic mass is 32.2. The number of nitrogens with two attached hydrogens (primary N) is 1. The van der Waals surface area contributed by atoms with Gasteiger partial charge in [-0.2, -0.15) is 5.10 Å². The van der Waals surface area contributed by atoms with Crippen LogP contribution in [0.25, 0.3) is 0 Å². The van der Waals surface area contributed by atoms with Gasteiger partial charge in [0.15, 0.2) is 5.03 Å². The second-order valence-electron chi connectivity index (χ2n) is 3.74. The van der Waals surface area contributed by atoms with Gasteiger partial charge >= 0.3 is 0 Å². The van der Waals surface area contributed by atoms with Gasteiger partial charge in [0.05, 0.1) is 12.1 Å². The van der Waals surface area contributed by atoms with Crippen molar-refractivity contribution >= 4 is 10.0 Å². The Hall–Kier alpha value is -0.920. The molecule has 0 bridgehead atoms. The van der Waals surface area contributed by atoms with Crippen molar-refractivity contribution in [2.24, 2.45) is 5.14 Å². The van der Waals surface area contributed by atoms with Crippen LogP contribution in [0.5, 0.6) is 0 Å². The van der Waals surface area contributed by atoms with Gasteiger partial charge in [-0.3, -0.25) is 4.68 Å². The number of primary sulfonamides is 1. The second-order valence-corrected chi connectivity index (χ2v) is 5.25. The summed E-state index contributed by atoms with van der Waals surface area (Å²) in [5, 5.41) is 18.3. The van der Waals surface area contributed by atoms with Crippen molar-refractivity contribution < 1.29 is 13.5 Å². The fourth-order valence-electron chi connectivity index (χ4n) is 1.89. The number of rotatable bonds is 2. The first-order chi connectivity index (χ1) is 6.98. The fraction of sp³-hybridized carbons (Fsp3) is 0.625. The zero-order chi connectivity index (χ0) is 11.1. The lowest BCUT2D eigenvalue weighted by Crippen LogP contribution is -2.20. The van der Waals surface area contributed by atoms with Crippen molar-refractivity contribution in [2.45, 2.75) is 36.4 Å². The molecule has 6 nitrogen and oxygen atoms in total. The number of hydrogen-bond donors (Lipinski definition) is 2. The van der Waals surface area contributed by atoms with Gasteiger partial charge in [0.2, 0.25) is 0 Å². The minimum Gasteiger partial charge on any atom is -0.391 e. The van der Waals surface area contributed by atoms with Crippen molar-refractivity contribution in [3.05, 3.63) is 12.3 Å². The van der Waals surface area contributed by atoms with Crippen molar-refractivity contribution in [3.63, 3.8) is 0 Å². The van der Waals surface area contributed by atoms with E-state index < -0.39 is 16.1 Å². The molecule has 1 aromatic rings.